The molecule has 3 rings (SSSR count). The molecule has 142 valence electrons. The van der Waals surface area contributed by atoms with Crippen LogP contribution in [0.1, 0.15) is 37.4 Å². The summed E-state index contributed by atoms with van der Waals surface area (Å²) in [5.74, 6) is -0.701. The molecular weight excluding hydrogens is 339 g/mol. The van der Waals surface area contributed by atoms with Crippen molar-refractivity contribution in [3.05, 3.63) is 35.6 Å². The molecule has 2 aliphatic heterocycles. The van der Waals surface area contributed by atoms with Gasteiger partial charge in [0.15, 0.2) is 6.10 Å². The second-order valence-electron chi connectivity index (χ2n) is 7.32. The molecule has 2 saturated heterocycles. The van der Waals surface area contributed by atoms with Crippen molar-refractivity contribution in [3.8, 4) is 0 Å². The fraction of sp³-hybridized carbons (Fsp3) is 0.579. The van der Waals surface area contributed by atoms with Gasteiger partial charge in [-0.3, -0.25) is 9.59 Å². The van der Waals surface area contributed by atoms with E-state index in [4.69, 9.17) is 5.11 Å². The molecule has 0 aliphatic carbocycles. The number of rotatable bonds is 4. The van der Waals surface area contributed by atoms with Crippen LogP contribution in [-0.2, 0) is 9.59 Å². The Bertz CT molecular complexity index is 656. The summed E-state index contributed by atoms with van der Waals surface area (Å²) in [5, 5.41) is 19.4. The van der Waals surface area contributed by atoms with Crippen molar-refractivity contribution >= 4 is 11.8 Å². The first-order valence-electron chi connectivity index (χ1n) is 9.05. The van der Waals surface area contributed by atoms with Gasteiger partial charge in [0.05, 0.1) is 6.61 Å². The van der Waals surface area contributed by atoms with Gasteiger partial charge in [-0.25, -0.2) is 4.39 Å². The highest BCUT2D eigenvalue weighted by Gasteiger charge is 2.42. The van der Waals surface area contributed by atoms with E-state index in [0.717, 1.165) is 19.3 Å². The number of halogens is 1. The normalized spacial score (nSPS) is 21.1. The third kappa shape index (κ3) is 3.88. The second kappa shape index (κ2) is 7.72. The van der Waals surface area contributed by atoms with Gasteiger partial charge < -0.3 is 20.0 Å². The van der Waals surface area contributed by atoms with Crippen LogP contribution >= 0.6 is 0 Å². The number of hydrogen-bond acceptors (Lipinski definition) is 4. The molecule has 1 aromatic rings. The molecule has 0 unspecified atom stereocenters. The lowest BCUT2D eigenvalue weighted by Crippen LogP contribution is -2.53. The number of likely N-dealkylation sites (tertiary alicyclic amines) is 2. The van der Waals surface area contributed by atoms with Crippen LogP contribution < -0.4 is 0 Å². The van der Waals surface area contributed by atoms with Gasteiger partial charge in [-0.15, -0.1) is 0 Å². The summed E-state index contributed by atoms with van der Waals surface area (Å²) in [4.78, 5) is 27.9. The minimum absolute atomic E-state index is 0.0132. The minimum Gasteiger partial charge on any atom is -0.395 e. The van der Waals surface area contributed by atoms with Crippen LogP contribution in [0.3, 0.4) is 0 Å². The van der Waals surface area contributed by atoms with Crippen LogP contribution in [0.15, 0.2) is 24.3 Å². The molecule has 2 N–H and O–H groups in total. The summed E-state index contributed by atoms with van der Waals surface area (Å²) < 4.78 is 13.0. The lowest BCUT2D eigenvalue weighted by atomic mass is 9.72. The van der Waals surface area contributed by atoms with Crippen LogP contribution in [0.4, 0.5) is 4.39 Å². The molecule has 26 heavy (non-hydrogen) atoms. The van der Waals surface area contributed by atoms with Crippen LogP contribution in [0.25, 0.3) is 0 Å². The van der Waals surface area contributed by atoms with E-state index in [2.05, 4.69) is 0 Å². The summed E-state index contributed by atoms with van der Waals surface area (Å²) >= 11 is 0. The molecule has 1 atom stereocenters. The summed E-state index contributed by atoms with van der Waals surface area (Å²) in [6.45, 7) is 1.98. The van der Waals surface area contributed by atoms with Crippen molar-refractivity contribution in [1.29, 1.82) is 0 Å². The van der Waals surface area contributed by atoms with E-state index >= 15 is 0 Å². The zero-order valence-corrected chi connectivity index (χ0v) is 14.7. The van der Waals surface area contributed by atoms with E-state index in [1.165, 1.54) is 24.3 Å². The summed E-state index contributed by atoms with van der Waals surface area (Å²) in [6, 6.07) is 5.29. The van der Waals surface area contributed by atoms with Crippen molar-refractivity contribution in [2.24, 2.45) is 5.41 Å². The monoisotopic (exact) mass is 364 g/mol. The molecule has 2 heterocycles. The Hall–Kier alpha value is -1.99. The predicted molar refractivity (Wildman–Crippen MR) is 92.5 cm³/mol. The van der Waals surface area contributed by atoms with E-state index in [-0.39, 0.29) is 23.8 Å². The average molecular weight is 364 g/mol. The van der Waals surface area contributed by atoms with Gasteiger partial charge >= 0.3 is 0 Å². The van der Waals surface area contributed by atoms with Crippen molar-refractivity contribution in [2.75, 3.05) is 32.8 Å². The van der Waals surface area contributed by atoms with Gasteiger partial charge in [0, 0.05) is 32.6 Å². The molecule has 0 saturated carbocycles. The Labute approximate surface area is 152 Å². The van der Waals surface area contributed by atoms with Gasteiger partial charge in [-0.1, -0.05) is 12.1 Å². The molecule has 2 aliphatic rings. The Morgan fingerprint density at radius 2 is 1.85 bits per heavy atom. The van der Waals surface area contributed by atoms with Crippen LogP contribution in [0.5, 0.6) is 0 Å². The Morgan fingerprint density at radius 1 is 1.19 bits per heavy atom. The second-order valence-corrected chi connectivity index (χ2v) is 7.32. The largest absolute Gasteiger partial charge is 0.395 e. The number of carbonyl (C=O) groups excluding carboxylic acids is 2. The number of β-amino-alcohol motifs (C(OH)–C–C–N with tert-alkyl or cyclic N) is 1. The lowest BCUT2D eigenvalue weighted by Gasteiger charge is -2.47. The van der Waals surface area contributed by atoms with Crippen LogP contribution in [-0.4, -0.2) is 64.6 Å². The molecule has 7 heteroatoms. The summed E-state index contributed by atoms with van der Waals surface area (Å²) in [6.07, 6.45) is 1.53. The molecular formula is C19H25FN2O4. The Kier molecular flexibility index (Phi) is 5.58. The van der Waals surface area contributed by atoms with Crippen LogP contribution in [0, 0.1) is 11.2 Å². The molecule has 2 amide bonds. The number of carbonyl (C=O) groups is 2. The van der Waals surface area contributed by atoms with Gasteiger partial charge in [0.1, 0.15) is 5.82 Å². The third-order valence-electron chi connectivity index (χ3n) is 5.67. The van der Waals surface area contributed by atoms with E-state index in [1.54, 1.807) is 9.80 Å². The molecule has 6 nitrogen and oxygen atoms in total. The summed E-state index contributed by atoms with van der Waals surface area (Å²) in [7, 11) is 0. The molecule has 0 bridgehead atoms. The Balaban J connectivity index is 1.60. The van der Waals surface area contributed by atoms with Gasteiger partial charge in [0.25, 0.3) is 5.91 Å². The van der Waals surface area contributed by atoms with E-state index < -0.39 is 11.9 Å². The highest BCUT2D eigenvalue weighted by Crippen LogP contribution is 2.40. The lowest BCUT2D eigenvalue weighted by molar-refractivity contribution is -0.147. The molecule has 2 fully saturated rings. The third-order valence-corrected chi connectivity index (χ3v) is 5.67. The molecule has 0 radical (unpaired) electrons. The molecule has 0 aromatic heterocycles. The maximum Gasteiger partial charge on any atom is 0.256 e. The van der Waals surface area contributed by atoms with E-state index in [0.29, 0.717) is 38.2 Å². The van der Waals surface area contributed by atoms with E-state index in [9.17, 15) is 19.1 Å². The molecule has 1 spiro atoms. The highest BCUT2D eigenvalue weighted by atomic mass is 19.1. The van der Waals surface area contributed by atoms with Gasteiger partial charge in [0.2, 0.25) is 5.91 Å². The van der Waals surface area contributed by atoms with Gasteiger partial charge in [-0.2, -0.15) is 0 Å². The van der Waals surface area contributed by atoms with Crippen molar-refractivity contribution in [3.63, 3.8) is 0 Å². The predicted octanol–water partition coefficient (Wildman–Crippen LogP) is 1.08. The molecule has 1 aromatic carbocycles. The minimum atomic E-state index is -1.29. The first-order valence-corrected chi connectivity index (χ1v) is 9.05. The number of amides is 2. The highest BCUT2D eigenvalue weighted by molar-refractivity contribution is 5.82. The van der Waals surface area contributed by atoms with Crippen molar-refractivity contribution < 1.29 is 24.2 Å². The standard InChI is InChI=1S/C19H25FN2O4/c20-15-3-1-14(2-4-15)17(25)18(26)21-9-7-19(8-10-21)6-5-16(24)22(13-19)11-12-23/h1-4,17,23,25H,5-13H2/t17-/m1/s1. The van der Waals surface area contributed by atoms with E-state index in [1.807, 2.05) is 0 Å². The zero-order valence-electron chi connectivity index (χ0n) is 14.7. The maximum atomic E-state index is 13.0. The number of benzene rings is 1. The number of aliphatic hydroxyl groups excluding tert-OH is 2. The smallest absolute Gasteiger partial charge is 0.256 e. The fourth-order valence-corrected chi connectivity index (χ4v) is 4.00. The average Bonchev–Trinajstić information content (AvgIpc) is 2.65. The number of aliphatic hydroxyl groups is 2. The maximum absolute atomic E-state index is 13.0. The van der Waals surface area contributed by atoms with Crippen LogP contribution in [0.2, 0.25) is 0 Å². The SMILES string of the molecule is O=C1CCC2(CCN(C(=O)[C@H](O)c3ccc(F)cc3)CC2)CN1CCO. The van der Waals surface area contributed by atoms with Gasteiger partial charge in [-0.05, 0) is 42.4 Å². The topological polar surface area (TPSA) is 81.1 Å². The van der Waals surface area contributed by atoms with Crippen molar-refractivity contribution in [2.45, 2.75) is 31.8 Å². The zero-order chi connectivity index (χ0) is 18.7. The quantitative estimate of drug-likeness (QED) is 0.838. The number of nitrogens with zero attached hydrogens (tertiary/aromatic N) is 2. The van der Waals surface area contributed by atoms with Crippen molar-refractivity contribution in [1.82, 2.24) is 9.80 Å². The summed E-state index contributed by atoms with van der Waals surface area (Å²) in [5.41, 5.74) is 0.370. The number of hydrogen-bond donors (Lipinski definition) is 2. The fourth-order valence-electron chi connectivity index (χ4n) is 4.00. The first-order chi connectivity index (χ1) is 12.4. The first kappa shape index (κ1) is 18.8. The number of piperidine rings is 2. The Morgan fingerprint density at radius 3 is 2.46 bits per heavy atom.